The summed E-state index contributed by atoms with van der Waals surface area (Å²) in [6.07, 6.45) is 3.17. The Morgan fingerprint density at radius 1 is 1.16 bits per heavy atom. The van der Waals surface area contributed by atoms with Gasteiger partial charge >= 0.3 is 0 Å². The van der Waals surface area contributed by atoms with Crippen molar-refractivity contribution in [2.45, 2.75) is 65.2 Å². The van der Waals surface area contributed by atoms with Crippen LogP contribution in [0.2, 0.25) is 0 Å². The third-order valence-electron chi connectivity index (χ3n) is 6.37. The van der Waals surface area contributed by atoms with Crippen molar-refractivity contribution in [3.63, 3.8) is 0 Å². The quantitative estimate of drug-likeness (QED) is 0.308. The highest BCUT2D eigenvalue weighted by molar-refractivity contribution is 6.09. The van der Waals surface area contributed by atoms with Gasteiger partial charge in [0.1, 0.15) is 11.2 Å². The maximum absolute atomic E-state index is 8.83. The fourth-order valence-electron chi connectivity index (χ4n) is 4.82. The minimum Gasteiger partial charge on any atom is -0.455 e. The predicted octanol–water partition coefficient (Wildman–Crippen LogP) is 8.23. The van der Waals surface area contributed by atoms with E-state index in [4.69, 9.17) is 17.8 Å². The molecule has 0 bridgehead atoms. The molecule has 1 aliphatic carbocycles. The lowest BCUT2D eigenvalue weighted by atomic mass is 9.86. The molecule has 0 atom stereocenters. The van der Waals surface area contributed by atoms with Crippen LogP contribution in [0.25, 0.3) is 38.0 Å². The molecule has 4 aromatic rings. The fraction of sp³-hybridized carbons (Fsp3) is 0.379. The second-order valence-electron chi connectivity index (χ2n) is 9.84. The molecule has 162 valence electrons. The number of aromatic nitrogens is 1. The van der Waals surface area contributed by atoms with Crippen LogP contribution in [-0.2, 0) is 11.9 Å². The molecule has 3 heteroatoms. The largest absolute Gasteiger partial charge is 0.455 e. The van der Waals surface area contributed by atoms with E-state index < -0.39 is 24.2 Å². The van der Waals surface area contributed by atoms with Crippen molar-refractivity contribution in [1.82, 2.24) is 4.98 Å². The molecule has 0 spiro atoms. The highest BCUT2D eigenvalue weighted by atomic mass is 16.3. The smallest absolute Gasteiger partial charge is 0.257 e. The van der Waals surface area contributed by atoms with E-state index in [0.717, 1.165) is 42.0 Å². The predicted molar refractivity (Wildman–Crippen MR) is 132 cm³/mol. The Bertz CT molecular complexity index is 1550. The minimum atomic E-state index is -2.50. The molecule has 3 nitrogen and oxygen atoms in total. The van der Waals surface area contributed by atoms with Crippen molar-refractivity contribution < 1.29 is 11.3 Å². The zero-order valence-corrected chi connectivity index (χ0v) is 18.7. The number of fused-ring (bicyclic) bond motifs is 3. The van der Waals surface area contributed by atoms with Crippen LogP contribution in [0.1, 0.15) is 70.0 Å². The van der Waals surface area contributed by atoms with E-state index in [1.54, 1.807) is 26.8 Å². The molecule has 32 heavy (non-hydrogen) atoms. The summed E-state index contributed by atoms with van der Waals surface area (Å²) in [5.74, 6) is 0. The summed E-state index contributed by atoms with van der Waals surface area (Å²) >= 11 is 0. The van der Waals surface area contributed by atoms with Crippen LogP contribution in [0, 0.1) is 18.8 Å². The van der Waals surface area contributed by atoms with Gasteiger partial charge in [-0.05, 0) is 66.9 Å². The van der Waals surface area contributed by atoms with Crippen LogP contribution in [0.3, 0.4) is 0 Å². The van der Waals surface area contributed by atoms with Crippen molar-refractivity contribution in [2.24, 2.45) is 5.41 Å². The van der Waals surface area contributed by atoms with Crippen LogP contribution in [0.15, 0.2) is 53.1 Å². The highest BCUT2D eigenvalue weighted by Gasteiger charge is 2.42. The number of furan rings is 1. The van der Waals surface area contributed by atoms with Crippen molar-refractivity contribution in [3.05, 3.63) is 76.8 Å². The monoisotopic (exact) mass is 427 g/mol. The average Bonchev–Trinajstić information content (AvgIpc) is 3.47. The minimum absolute atomic E-state index is 0.0846. The molecule has 1 fully saturated rings. The van der Waals surface area contributed by atoms with Gasteiger partial charge in [0.2, 0.25) is 0 Å². The van der Waals surface area contributed by atoms with Gasteiger partial charge < -0.3 is 9.26 Å². The van der Waals surface area contributed by atoms with Gasteiger partial charge in [0.15, 0.2) is 0 Å². The Kier molecular flexibility index (Phi) is 3.66. The molecule has 0 amide bonds. The van der Waals surface area contributed by atoms with Crippen LogP contribution < -0.4 is 0 Å². The van der Waals surface area contributed by atoms with E-state index in [0.29, 0.717) is 22.4 Å². The molecule has 2 aromatic heterocycles. The average molecular weight is 428 g/mol. The molecule has 0 radical (unpaired) electrons. The van der Waals surface area contributed by atoms with Gasteiger partial charge in [-0.25, -0.2) is 6.57 Å². The highest BCUT2D eigenvalue weighted by Crippen LogP contribution is 2.44. The van der Waals surface area contributed by atoms with E-state index >= 15 is 0 Å². The summed E-state index contributed by atoms with van der Waals surface area (Å²) in [5.41, 5.74) is 2.10. The first-order chi connectivity index (χ1) is 17.3. The lowest BCUT2D eigenvalue weighted by Crippen LogP contribution is -2.16. The number of hydrogen-bond donors (Lipinski definition) is 0. The van der Waals surface area contributed by atoms with Gasteiger partial charge in [-0.15, -0.1) is 0 Å². The number of nitrogens with zero attached hydrogens (tertiary/aromatic N) is 2. The van der Waals surface area contributed by atoms with Crippen molar-refractivity contribution >= 4 is 21.9 Å². The van der Waals surface area contributed by atoms with E-state index in [1.165, 1.54) is 6.20 Å². The van der Waals surface area contributed by atoms with E-state index in [2.05, 4.69) is 9.83 Å². The van der Waals surface area contributed by atoms with Crippen LogP contribution in [0.4, 0.5) is 0 Å². The summed E-state index contributed by atoms with van der Waals surface area (Å²) in [6, 6.07) is 13.3. The van der Waals surface area contributed by atoms with Gasteiger partial charge in [-0.3, -0.25) is 4.98 Å². The standard InChI is InChI=1S/C29H30N2O/c1-19-18-31-25(15-20(19)17-28(2,3)4)24-10-8-9-23-22-12-11-21(16-26(22)32-27(23)24)29(30-5)13-6-7-14-29/h8-12,15-16,18H,6-7,13-14,17H2,1-4H3/i1D3,17D2. The number of pyridine rings is 1. The lowest BCUT2D eigenvalue weighted by Gasteiger charge is -2.20. The zero-order valence-electron chi connectivity index (χ0n) is 23.7. The van der Waals surface area contributed by atoms with Crippen LogP contribution in [-0.4, -0.2) is 4.98 Å². The third-order valence-corrected chi connectivity index (χ3v) is 6.37. The fourth-order valence-corrected chi connectivity index (χ4v) is 4.82. The Hall–Kier alpha value is -3.12. The zero-order chi connectivity index (χ0) is 26.8. The van der Waals surface area contributed by atoms with E-state index in [-0.39, 0.29) is 11.1 Å². The Labute approximate surface area is 197 Å². The molecule has 0 unspecified atom stereocenters. The van der Waals surface area contributed by atoms with Crippen molar-refractivity contribution in [2.75, 3.05) is 0 Å². The SMILES string of the molecule is [2H]C([2H])([2H])c1cnc(-c2cccc3c2oc2cc(C4([N+]#[C-])CCCC4)ccc23)cc1C([2H])([2H])C(C)(C)C. The molecule has 0 N–H and O–H groups in total. The second-order valence-corrected chi connectivity index (χ2v) is 9.84. The van der Waals surface area contributed by atoms with Gasteiger partial charge in [0.25, 0.3) is 5.54 Å². The number of para-hydroxylation sites is 1. The van der Waals surface area contributed by atoms with Crippen molar-refractivity contribution in [3.8, 4) is 11.3 Å². The normalized spacial score (nSPS) is 19.1. The Balaban J connectivity index is 1.71. The summed E-state index contributed by atoms with van der Waals surface area (Å²) in [7, 11) is 0. The first-order valence-electron chi connectivity index (χ1n) is 13.6. The maximum Gasteiger partial charge on any atom is 0.257 e. The molecule has 1 saturated carbocycles. The van der Waals surface area contributed by atoms with E-state index in [9.17, 15) is 0 Å². The Morgan fingerprint density at radius 3 is 2.69 bits per heavy atom. The number of benzene rings is 2. The summed E-state index contributed by atoms with van der Waals surface area (Å²) < 4.78 is 48.0. The maximum atomic E-state index is 8.83. The summed E-state index contributed by atoms with van der Waals surface area (Å²) in [4.78, 5) is 8.48. The van der Waals surface area contributed by atoms with Gasteiger partial charge in [-0.2, -0.15) is 0 Å². The van der Waals surface area contributed by atoms with Crippen molar-refractivity contribution in [1.29, 1.82) is 0 Å². The molecule has 2 aromatic carbocycles. The van der Waals surface area contributed by atoms with Gasteiger partial charge in [0, 0.05) is 47.8 Å². The number of hydrogen-bond acceptors (Lipinski definition) is 2. The molecule has 1 aliphatic rings. The number of rotatable bonds is 3. The van der Waals surface area contributed by atoms with Crippen LogP contribution >= 0.6 is 0 Å². The molecule has 0 saturated heterocycles. The second kappa shape index (κ2) is 7.48. The molecule has 5 rings (SSSR count). The molecule has 2 heterocycles. The van der Waals surface area contributed by atoms with Gasteiger partial charge in [0.05, 0.1) is 5.69 Å². The topological polar surface area (TPSA) is 30.4 Å². The van der Waals surface area contributed by atoms with E-state index in [1.807, 2.05) is 36.4 Å². The molecular formula is C29H30N2O. The van der Waals surface area contributed by atoms with Crippen LogP contribution in [0.5, 0.6) is 0 Å². The molecular weight excluding hydrogens is 392 g/mol. The molecule has 0 aliphatic heterocycles. The third kappa shape index (κ3) is 3.48. The lowest BCUT2D eigenvalue weighted by molar-refractivity contribution is 0.410. The Morgan fingerprint density at radius 2 is 1.97 bits per heavy atom. The first kappa shape index (κ1) is 15.6. The first-order valence-corrected chi connectivity index (χ1v) is 11.1. The number of aryl methyl sites for hydroxylation is 1. The van der Waals surface area contributed by atoms with Gasteiger partial charge in [-0.1, -0.05) is 39.0 Å². The summed E-state index contributed by atoms with van der Waals surface area (Å²) in [6.45, 7) is 10.6. The summed E-state index contributed by atoms with van der Waals surface area (Å²) in [5, 5.41) is 1.83.